The molecule has 1 aromatic rings. The van der Waals surface area contributed by atoms with Gasteiger partial charge in [0.25, 0.3) is 0 Å². The lowest BCUT2D eigenvalue weighted by molar-refractivity contribution is 0.233. The summed E-state index contributed by atoms with van der Waals surface area (Å²) in [4.78, 5) is 2.41. The summed E-state index contributed by atoms with van der Waals surface area (Å²) < 4.78 is 14.7. The van der Waals surface area contributed by atoms with Crippen LogP contribution in [0, 0.1) is 17.7 Å². The highest BCUT2D eigenvalue weighted by Crippen LogP contribution is 2.43. The molecule has 0 bridgehead atoms. The molecule has 2 aliphatic rings. The minimum atomic E-state index is -0.164. The number of nitrogens with one attached hydrogen (secondary N) is 1. The number of rotatable bonds is 3. The minimum absolute atomic E-state index is 0.150. The minimum Gasteiger partial charge on any atom is -0.364 e. The first-order valence-electron chi connectivity index (χ1n) is 7.87. The molecule has 2 atom stereocenters. The average Bonchev–Trinajstić information content (AvgIpc) is 3.26. The summed E-state index contributed by atoms with van der Waals surface area (Å²) in [5, 5.41) is 3.77. The van der Waals surface area contributed by atoms with E-state index < -0.39 is 0 Å². The van der Waals surface area contributed by atoms with Crippen LogP contribution in [0.4, 0.5) is 10.1 Å². The van der Waals surface area contributed by atoms with Crippen molar-refractivity contribution in [3.8, 4) is 0 Å². The predicted molar refractivity (Wildman–Crippen MR) is 89.2 cm³/mol. The van der Waals surface area contributed by atoms with Gasteiger partial charge in [0.05, 0.1) is 5.69 Å². The van der Waals surface area contributed by atoms with Crippen molar-refractivity contribution in [1.82, 2.24) is 5.32 Å². The Kier molecular flexibility index (Phi) is 4.04. The van der Waals surface area contributed by atoms with E-state index in [9.17, 15) is 4.39 Å². The number of benzene rings is 1. The smallest absolute Gasteiger partial charge is 0.125 e. The van der Waals surface area contributed by atoms with Crippen LogP contribution in [0.3, 0.4) is 0 Å². The third-order valence-electron chi connectivity index (χ3n) is 5.08. The molecular formula is C17H24BrFN2. The lowest BCUT2D eigenvalue weighted by atomic mass is 9.87. The van der Waals surface area contributed by atoms with Crippen molar-refractivity contribution in [2.24, 2.45) is 11.8 Å². The standard InChI is InChI=1S/C17H24BrFN2/c1-11(2)16-9-20-17(3,12-4-5-12)10-21(16)15-8-13(19)6-7-14(15)18/h6-8,11-12,16,20H,4-5,9-10H2,1-3H3. The van der Waals surface area contributed by atoms with E-state index in [1.54, 1.807) is 6.07 Å². The van der Waals surface area contributed by atoms with Crippen molar-refractivity contribution in [2.75, 3.05) is 18.0 Å². The number of anilines is 1. The molecule has 0 radical (unpaired) electrons. The highest BCUT2D eigenvalue weighted by Gasteiger charge is 2.46. The fourth-order valence-electron chi connectivity index (χ4n) is 3.53. The first-order chi connectivity index (χ1) is 9.90. The number of nitrogens with zero attached hydrogens (tertiary/aromatic N) is 1. The largest absolute Gasteiger partial charge is 0.364 e. The van der Waals surface area contributed by atoms with Crippen LogP contribution in [-0.4, -0.2) is 24.7 Å². The topological polar surface area (TPSA) is 15.3 Å². The highest BCUT2D eigenvalue weighted by molar-refractivity contribution is 9.10. The summed E-state index contributed by atoms with van der Waals surface area (Å²) in [7, 11) is 0. The van der Waals surface area contributed by atoms with Crippen LogP contribution in [0.2, 0.25) is 0 Å². The molecule has 0 amide bonds. The van der Waals surface area contributed by atoms with Crippen molar-refractivity contribution in [1.29, 1.82) is 0 Å². The summed E-state index contributed by atoms with van der Waals surface area (Å²) in [5.41, 5.74) is 1.14. The van der Waals surface area contributed by atoms with E-state index >= 15 is 0 Å². The van der Waals surface area contributed by atoms with E-state index in [-0.39, 0.29) is 11.4 Å². The molecule has 1 aliphatic heterocycles. The van der Waals surface area contributed by atoms with E-state index in [0.717, 1.165) is 29.2 Å². The molecule has 4 heteroatoms. The zero-order valence-corrected chi connectivity index (χ0v) is 14.6. The third-order valence-corrected chi connectivity index (χ3v) is 5.75. The second-order valence-corrected chi connectivity index (χ2v) is 7.96. The molecule has 0 aromatic heterocycles. The van der Waals surface area contributed by atoms with E-state index in [0.29, 0.717) is 12.0 Å². The summed E-state index contributed by atoms with van der Waals surface area (Å²) in [5.74, 6) is 1.12. The van der Waals surface area contributed by atoms with Gasteiger partial charge in [-0.25, -0.2) is 4.39 Å². The predicted octanol–water partition coefficient (Wildman–Crippen LogP) is 4.19. The van der Waals surface area contributed by atoms with Gasteiger partial charge in [-0.1, -0.05) is 13.8 Å². The van der Waals surface area contributed by atoms with Gasteiger partial charge >= 0.3 is 0 Å². The molecule has 1 saturated heterocycles. The molecule has 1 aliphatic carbocycles. The first-order valence-corrected chi connectivity index (χ1v) is 8.67. The van der Waals surface area contributed by atoms with Crippen LogP contribution in [0.1, 0.15) is 33.6 Å². The van der Waals surface area contributed by atoms with E-state index in [2.05, 4.69) is 46.9 Å². The number of piperazine rings is 1. The van der Waals surface area contributed by atoms with Gasteiger partial charge in [-0.2, -0.15) is 0 Å². The van der Waals surface area contributed by atoms with Crippen LogP contribution in [0.15, 0.2) is 22.7 Å². The van der Waals surface area contributed by atoms with Crippen molar-refractivity contribution >= 4 is 21.6 Å². The van der Waals surface area contributed by atoms with Crippen molar-refractivity contribution in [2.45, 2.75) is 45.2 Å². The molecular weight excluding hydrogens is 331 g/mol. The lowest BCUT2D eigenvalue weighted by Gasteiger charge is -2.49. The van der Waals surface area contributed by atoms with Gasteiger partial charge in [0.15, 0.2) is 0 Å². The quantitative estimate of drug-likeness (QED) is 0.875. The maximum absolute atomic E-state index is 13.7. The molecule has 21 heavy (non-hydrogen) atoms. The lowest BCUT2D eigenvalue weighted by Crippen LogP contribution is -2.65. The Hall–Kier alpha value is -0.610. The molecule has 3 rings (SSSR count). The van der Waals surface area contributed by atoms with Crippen molar-refractivity contribution in [3.05, 3.63) is 28.5 Å². The Morgan fingerprint density at radius 1 is 1.38 bits per heavy atom. The van der Waals surface area contributed by atoms with Crippen LogP contribution in [-0.2, 0) is 0 Å². The van der Waals surface area contributed by atoms with Crippen LogP contribution >= 0.6 is 15.9 Å². The van der Waals surface area contributed by atoms with Crippen LogP contribution in [0.5, 0.6) is 0 Å². The van der Waals surface area contributed by atoms with Crippen LogP contribution < -0.4 is 10.2 Å². The fourth-order valence-corrected chi connectivity index (χ4v) is 4.01. The second-order valence-electron chi connectivity index (χ2n) is 7.11. The molecule has 1 heterocycles. The Balaban J connectivity index is 1.95. The molecule has 0 spiro atoms. The van der Waals surface area contributed by atoms with Gasteiger partial charge in [-0.3, -0.25) is 0 Å². The molecule has 2 nitrogen and oxygen atoms in total. The van der Waals surface area contributed by atoms with Crippen molar-refractivity contribution < 1.29 is 4.39 Å². The Bertz CT molecular complexity index is 530. The Labute approximate surface area is 135 Å². The molecule has 2 fully saturated rings. The van der Waals surface area contributed by atoms with E-state index in [4.69, 9.17) is 0 Å². The Morgan fingerprint density at radius 2 is 2.10 bits per heavy atom. The summed E-state index contributed by atoms with van der Waals surface area (Å²) in [6, 6.07) is 5.40. The maximum Gasteiger partial charge on any atom is 0.125 e. The maximum atomic E-state index is 13.7. The zero-order chi connectivity index (χ0) is 15.2. The average molecular weight is 355 g/mol. The summed E-state index contributed by atoms with van der Waals surface area (Å²) in [6.45, 7) is 8.72. The number of hydrogen-bond acceptors (Lipinski definition) is 2. The zero-order valence-electron chi connectivity index (χ0n) is 13.0. The molecule has 116 valence electrons. The van der Waals surface area contributed by atoms with Crippen LogP contribution in [0.25, 0.3) is 0 Å². The van der Waals surface area contributed by atoms with Gasteiger partial charge in [-0.15, -0.1) is 0 Å². The molecule has 2 unspecified atom stereocenters. The van der Waals surface area contributed by atoms with Gasteiger partial charge in [0.1, 0.15) is 5.82 Å². The highest BCUT2D eigenvalue weighted by atomic mass is 79.9. The van der Waals surface area contributed by atoms with E-state index in [1.165, 1.54) is 18.9 Å². The monoisotopic (exact) mass is 354 g/mol. The molecule has 1 saturated carbocycles. The molecule has 1 N–H and O–H groups in total. The number of hydrogen-bond donors (Lipinski definition) is 1. The normalized spacial score (nSPS) is 30.0. The first kappa shape index (κ1) is 15.3. The van der Waals surface area contributed by atoms with Gasteiger partial charge in [-0.05, 0) is 65.7 Å². The van der Waals surface area contributed by atoms with Crippen molar-refractivity contribution in [3.63, 3.8) is 0 Å². The molecule has 1 aromatic carbocycles. The summed E-state index contributed by atoms with van der Waals surface area (Å²) >= 11 is 3.60. The van der Waals surface area contributed by atoms with Gasteiger partial charge < -0.3 is 10.2 Å². The van der Waals surface area contributed by atoms with Gasteiger partial charge in [0, 0.05) is 29.1 Å². The summed E-state index contributed by atoms with van der Waals surface area (Å²) in [6.07, 6.45) is 2.63. The number of halogens is 2. The fraction of sp³-hybridized carbons (Fsp3) is 0.647. The second kappa shape index (κ2) is 5.54. The Morgan fingerprint density at radius 3 is 2.71 bits per heavy atom. The van der Waals surface area contributed by atoms with E-state index in [1.807, 2.05) is 6.07 Å². The third kappa shape index (κ3) is 2.98. The van der Waals surface area contributed by atoms with Gasteiger partial charge in [0.2, 0.25) is 0 Å². The SMILES string of the molecule is CC(C)C1CNC(C)(C2CC2)CN1c1cc(F)ccc1Br.